The molecule has 0 aliphatic heterocycles. The predicted molar refractivity (Wildman–Crippen MR) is 82.5 cm³/mol. The molecule has 3 N–H and O–H groups in total. The molecule has 0 fully saturated rings. The van der Waals surface area contributed by atoms with Gasteiger partial charge in [0.05, 0.1) is 5.69 Å². The SMILES string of the molecule is COCCC(C)NS(=O)(=O)c1c(N)cc(Br)cc1Br. The molecule has 1 rings (SSSR count). The lowest BCUT2D eigenvalue weighted by molar-refractivity contribution is 0.188. The molecule has 8 heteroatoms. The van der Waals surface area contributed by atoms with Crippen LogP contribution in [0.4, 0.5) is 5.69 Å². The predicted octanol–water partition coefficient (Wildman–Crippen LogP) is 2.50. The second kappa shape index (κ2) is 7.03. The van der Waals surface area contributed by atoms with Crippen LogP contribution < -0.4 is 10.5 Å². The molecular weight excluding hydrogens is 400 g/mol. The Bertz CT molecular complexity index is 526. The molecule has 108 valence electrons. The smallest absolute Gasteiger partial charge is 0.243 e. The van der Waals surface area contributed by atoms with Gasteiger partial charge in [0.1, 0.15) is 4.90 Å². The summed E-state index contributed by atoms with van der Waals surface area (Å²) in [6.07, 6.45) is 0.587. The van der Waals surface area contributed by atoms with Gasteiger partial charge in [0.25, 0.3) is 0 Å². The second-order valence-corrected chi connectivity index (χ2v) is 7.53. The zero-order valence-corrected chi connectivity index (χ0v) is 14.6. The van der Waals surface area contributed by atoms with E-state index in [1.54, 1.807) is 26.2 Å². The highest BCUT2D eigenvalue weighted by molar-refractivity contribution is 9.11. The van der Waals surface area contributed by atoms with Crippen LogP contribution >= 0.6 is 31.9 Å². The average Bonchev–Trinajstić information content (AvgIpc) is 2.23. The van der Waals surface area contributed by atoms with Crippen LogP contribution in [0, 0.1) is 0 Å². The van der Waals surface area contributed by atoms with Crippen molar-refractivity contribution < 1.29 is 13.2 Å². The number of sulfonamides is 1. The van der Waals surface area contributed by atoms with Crippen molar-refractivity contribution in [2.45, 2.75) is 24.3 Å². The molecule has 5 nitrogen and oxygen atoms in total. The zero-order valence-electron chi connectivity index (χ0n) is 10.6. The van der Waals surface area contributed by atoms with Gasteiger partial charge in [-0.2, -0.15) is 0 Å². The number of nitrogen functional groups attached to an aromatic ring is 1. The number of hydrogen-bond acceptors (Lipinski definition) is 4. The number of anilines is 1. The molecule has 1 atom stereocenters. The minimum absolute atomic E-state index is 0.0555. The van der Waals surface area contributed by atoms with Crippen molar-refractivity contribution in [1.29, 1.82) is 0 Å². The lowest BCUT2D eigenvalue weighted by Gasteiger charge is -2.16. The van der Waals surface area contributed by atoms with Gasteiger partial charge in [0.15, 0.2) is 0 Å². The molecule has 1 aromatic rings. The van der Waals surface area contributed by atoms with Crippen molar-refractivity contribution in [2.24, 2.45) is 0 Å². The van der Waals surface area contributed by atoms with Crippen LogP contribution in [0.5, 0.6) is 0 Å². The van der Waals surface area contributed by atoms with Crippen molar-refractivity contribution in [3.63, 3.8) is 0 Å². The molecule has 0 saturated heterocycles. The highest BCUT2D eigenvalue weighted by Gasteiger charge is 2.23. The van der Waals surface area contributed by atoms with Gasteiger partial charge in [-0.25, -0.2) is 13.1 Å². The molecular formula is C11H16Br2N2O3S. The highest BCUT2D eigenvalue weighted by Crippen LogP contribution is 2.31. The van der Waals surface area contributed by atoms with E-state index >= 15 is 0 Å². The van der Waals surface area contributed by atoms with E-state index in [1.807, 2.05) is 0 Å². The second-order valence-electron chi connectivity index (χ2n) is 4.11. The number of nitrogens with two attached hydrogens (primary N) is 1. The Morgan fingerprint density at radius 1 is 1.42 bits per heavy atom. The lowest BCUT2D eigenvalue weighted by Crippen LogP contribution is -2.34. The van der Waals surface area contributed by atoms with E-state index in [-0.39, 0.29) is 16.6 Å². The molecule has 19 heavy (non-hydrogen) atoms. The molecule has 0 saturated carbocycles. The summed E-state index contributed by atoms with van der Waals surface area (Å²) in [6.45, 7) is 2.26. The van der Waals surface area contributed by atoms with Crippen LogP contribution in [0.3, 0.4) is 0 Å². The van der Waals surface area contributed by atoms with Gasteiger partial charge >= 0.3 is 0 Å². The summed E-state index contributed by atoms with van der Waals surface area (Å²) in [7, 11) is -2.09. The maximum Gasteiger partial charge on any atom is 0.243 e. The fourth-order valence-electron chi connectivity index (χ4n) is 1.54. The van der Waals surface area contributed by atoms with Gasteiger partial charge in [0, 0.05) is 28.7 Å². The molecule has 0 spiro atoms. The van der Waals surface area contributed by atoms with E-state index in [4.69, 9.17) is 10.5 Å². The highest BCUT2D eigenvalue weighted by atomic mass is 79.9. The van der Waals surface area contributed by atoms with Gasteiger partial charge < -0.3 is 10.5 Å². The summed E-state index contributed by atoms with van der Waals surface area (Å²) >= 11 is 6.48. The normalized spacial score (nSPS) is 13.5. The van der Waals surface area contributed by atoms with Gasteiger partial charge in [-0.1, -0.05) is 15.9 Å². The summed E-state index contributed by atoms with van der Waals surface area (Å²) in [4.78, 5) is 0.0555. The molecule has 0 aliphatic carbocycles. The molecule has 0 aliphatic rings. The van der Waals surface area contributed by atoms with Crippen molar-refractivity contribution in [3.05, 3.63) is 21.1 Å². The largest absolute Gasteiger partial charge is 0.398 e. The average molecular weight is 416 g/mol. The van der Waals surface area contributed by atoms with E-state index in [1.165, 1.54) is 0 Å². The maximum atomic E-state index is 12.3. The van der Waals surface area contributed by atoms with E-state index in [2.05, 4.69) is 36.6 Å². The van der Waals surface area contributed by atoms with Crippen LogP contribution in [-0.2, 0) is 14.8 Å². The molecule has 0 bridgehead atoms. The first-order valence-corrected chi connectivity index (χ1v) is 8.60. The molecule has 0 heterocycles. The first kappa shape index (κ1) is 16.9. The molecule has 0 amide bonds. The van der Waals surface area contributed by atoms with Crippen molar-refractivity contribution in [3.8, 4) is 0 Å². The maximum absolute atomic E-state index is 12.3. The standard InChI is InChI=1S/C11H16Br2N2O3S/c1-7(3-4-18-2)15-19(16,17)11-9(13)5-8(12)6-10(11)14/h5-7,15H,3-4,14H2,1-2H3. The Labute approximate surface area is 130 Å². The summed E-state index contributed by atoms with van der Waals surface area (Å²) in [5, 5.41) is 0. The number of rotatable bonds is 6. The van der Waals surface area contributed by atoms with Crippen molar-refractivity contribution in [1.82, 2.24) is 4.72 Å². The summed E-state index contributed by atoms with van der Waals surface area (Å²) in [5.41, 5.74) is 5.97. The Morgan fingerprint density at radius 3 is 2.58 bits per heavy atom. The number of nitrogens with one attached hydrogen (secondary N) is 1. The van der Waals surface area contributed by atoms with Crippen molar-refractivity contribution >= 4 is 47.6 Å². The first-order valence-electron chi connectivity index (χ1n) is 5.53. The summed E-state index contributed by atoms with van der Waals surface area (Å²) in [5.74, 6) is 0. The molecule has 1 aromatic carbocycles. The first-order chi connectivity index (χ1) is 8.77. The van der Waals surface area contributed by atoms with Gasteiger partial charge in [0.2, 0.25) is 10.0 Å². The lowest BCUT2D eigenvalue weighted by atomic mass is 10.3. The summed E-state index contributed by atoms with van der Waals surface area (Å²) in [6, 6.07) is 2.96. The van der Waals surface area contributed by atoms with Crippen LogP contribution in [-0.4, -0.2) is 28.2 Å². The monoisotopic (exact) mass is 414 g/mol. The number of ether oxygens (including phenoxy) is 1. The summed E-state index contributed by atoms with van der Waals surface area (Å²) < 4.78 is 33.2. The quantitative estimate of drug-likeness (QED) is 0.699. The minimum atomic E-state index is -3.67. The Hall–Kier alpha value is -0.150. The molecule has 0 aromatic heterocycles. The third-order valence-corrected chi connectivity index (χ3v) is 5.47. The zero-order chi connectivity index (χ0) is 14.6. The topological polar surface area (TPSA) is 81.4 Å². The Kier molecular flexibility index (Phi) is 6.25. The Balaban J connectivity index is 3.01. The third kappa shape index (κ3) is 4.71. The Morgan fingerprint density at radius 2 is 2.05 bits per heavy atom. The van der Waals surface area contributed by atoms with E-state index in [9.17, 15) is 8.42 Å². The number of methoxy groups -OCH3 is 1. The van der Waals surface area contributed by atoms with Gasteiger partial charge in [-0.05, 0) is 41.4 Å². The molecule has 0 radical (unpaired) electrons. The van der Waals surface area contributed by atoms with E-state index < -0.39 is 10.0 Å². The van der Waals surface area contributed by atoms with Crippen LogP contribution in [0.25, 0.3) is 0 Å². The van der Waals surface area contributed by atoms with Crippen LogP contribution in [0.1, 0.15) is 13.3 Å². The minimum Gasteiger partial charge on any atom is -0.398 e. The van der Waals surface area contributed by atoms with Crippen LogP contribution in [0.2, 0.25) is 0 Å². The van der Waals surface area contributed by atoms with Gasteiger partial charge in [-0.15, -0.1) is 0 Å². The van der Waals surface area contributed by atoms with Gasteiger partial charge in [-0.3, -0.25) is 0 Å². The fourth-order valence-corrected chi connectivity index (χ4v) is 4.89. The number of hydrogen-bond donors (Lipinski definition) is 2. The number of halogens is 2. The van der Waals surface area contributed by atoms with Crippen LogP contribution in [0.15, 0.2) is 26.0 Å². The third-order valence-electron chi connectivity index (χ3n) is 2.42. The van der Waals surface area contributed by atoms with Crippen molar-refractivity contribution in [2.75, 3.05) is 19.5 Å². The fraction of sp³-hybridized carbons (Fsp3) is 0.455. The number of benzene rings is 1. The van der Waals surface area contributed by atoms with E-state index in [0.717, 1.165) is 0 Å². The molecule has 1 unspecified atom stereocenters. The van der Waals surface area contributed by atoms with E-state index in [0.29, 0.717) is 22.0 Å².